The van der Waals surface area contributed by atoms with Crippen LogP contribution in [0.5, 0.6) is 0 Å². The minimum absolute atomic E-state index is 0.111. The number of nitro groups is 1. The lowest BCUT2D eigenvalue weighted by molar-refractivity contribution is -0.384. The summed E-state index contributed by atoms with van der Waals surface area (Å²) in [5.41, 5.74) is 4.58. The normalized spacial score (nSPS) is 11.2. The van der Waals surface area contributed by atoms with Gasteiger partial charge in [0.15, 0.2) is 0 Å². The van der Waals surface area contributed by atoms with Crippen molar-refractivity contribution in [2.45, 2.75) is 13.8 Å². The molecule has 0 atom stereocenters. The minimum Gasteiger partial charge on any atom is -0.382 e. The average Bonchev–Trinajstić information content (AvgIpc) is 2.27. The Labute approximate surface area is 120 Å². The van der Waals surface area contributed by atoms with Crippen LogP contribution in [0.15, 0.2) is 12.1 Å². The van der Waals surface area contributed by atoms with Crippen molar-refractivity contribution in [1.29, 1.82) is 0 Å². The van der Waals surface area contributed by atoms with Gasteiger partial charge in [-0.25, -0.2) is 0 Å². The monoisotopic (exact) mass is 305 g/mol. The molecule has 1 aromatic rings. The van der Waals surface area contributed by atoms with E-state index in [-0.39, 0.29) is 22.3 Å². The Bertz CT molecular complexity index is 509. The van der Waals surface area contributed by atoms with E-state index in [4.69, 9.17) is 28.9 Å². The van der Waals surface area contributed by atoms with Crippen molar-refractivity contribution in [3.05, 3.63) is 32.3 Å². The zero-order valence-corrected chi connectivity index (χ0v) is 11.9. The molecule has 0 saturated heterocycles. The summed E-state index contributed by atoms with van der Waals surface area (Å²) in [4.78, 5) is 21.2. The fourth-order valence-corrected chi connectivity index (χ4v) is 1.84. The van der Waals surface area contributed by atoms with Gasteiger partial charge in [-0.15, -0.1) is 0 Å². The van der Waals surface area contributed by atoms with E-state index in [0.29, 0.717) is 5.69 Å². The third-order valence-corrected chi connectivity index (χ3v) is 3.21. The quantitative estimate of drug-likeness (QED) is 0.645. The predicted molar refractivity (Wildman–Crippen MR) is 74.6 cm³/mol. The van der Waals surface area contributed by atoms with Crippen LogP contribution in [-0.2, 0) is 4.79 Å². The highest BCUT2D eigenvalue weighted by molar-refractivity contribution is 6.39. The van der Waals surface area contributed by atoms with Gasteiger partial charge in [-0.1, -0.05) is 23.2 Å². The van der Waals surface area contributed by atoms with Crippen molar-refractivity contribution in [3.8, 4) is 0 Å². The van der Waals surface area contributed by atoms with E-state index in [0.717, 1.165) is 0 Å². The van der Waals surface area contributed by atoms with Gasteiger partial charge in [0.2, 0.25) is 5.91 Å². The number of amides is 1. The number of nitrogens with one attached hydrogen (secondary N) is 1. The molecule has 0 unspecified atom stereocenters. The summed E-state index contributed by atoms with van der Waals surface area (Å²) in [6.45, 7) is 3.53. The number of hydrogen-bond donors (Lipinski definition) is 2. The Balaban J connectivity index is 2.97. The lowest BCUT2D eigenvalue weighted by atomic mass is 9.92. The van der Waals surface area contributed by atoms with Gasteiger partial charge >= 0.3 is 0 Å². The molecule has 8 heteroatoms. The molecule has 0 bridgehead atoms. The number of hydrogen-bond acceptors (Lipinski definition) is 4. The van der Waals surface area contributed by atoms with Gasteiger partial charge in [-0.2, -0.15) is 0 Å². The molecule has 0 spiro atoms. The van der Waals surface area contributed by atoms with Crippen LogP contribution in [0.2, 0.25) is 10.0 Å². The van der Waals surface area contributed by atoms with Gasteiger partial charge in [0, 0.05) is 18.7 Å². The highest BCUT2D eigenvalue weighted by Gasteiger charge is 2.25. The topological polar surface area (TPSA) is 98.3 Å². The maximum absolute atomic E-state index is 11.2. The van der Waals surface area contributed by atoms with Crippen LogP contribution in [0.1, 0.15) is 13.8 Å². The molecular formula is C11H13Cl2N3O3. The Kier molecular flexibility index (Phi) is 4.60. The van der Waals surface area contributed by atoms with Gasteiger partial charge in [0.25, 0.3) is 5.69 Å². The molecule has 0 aliphatic heterocycles. The van der Waals surface area contributed by atoms with E-state index in [1.54, 1.807) is 13.8 Å². The SMILES string of the molecule is CC(C)(CNc1c(Cl)cc([N+](=O)[O-])cc1Cl)C(N)=O. The summed E-state index contributed by atoms with van der Waals surface area (Å²) in [6.07, 6.45) is 0. The summed E-state index contributed by atoms with van der Waals surface area (Å²) in [5, 5.41) is 13.7. The average molecular weight is 306 g/mol. The highest BCUT2D eigenvalue weighted by atomic mass is 35.5. The maximum atomic E-state index is 11.2. The minimum atomic E-state index is -0.797. The summed E-state index contributed by atoms with van der Waals surface area (Å²) in [6, 6.07) is 2.38. The van der Waals surface area contributed by atoms with Crippen LogP contribution < -0.4 is 11.1 Å². The lowest BCUT2D eigenvalue weighted by Crippen LogP contribution is -2.37. The van der Waals surface area contributed by atoms with Gasteiger partial charge in [-0.05, 0) is 13.8 Å². The van der Waals surface area contributed by atoms with Crippen LogP contribution in [0.3, 0.4) is 0 Å². The second-order valence-corrected chi connectivity index (χ2v) is 5.46. The van der Waals surface area contributed by atoms with Crippen LogP contribution in [-0.4, -0.2) is 17.4 Å². The Morgan fingerprint density at radius 2 is 1.89 bits per heavy atom. The molecule has 104 valence electrons. The molecular weight excluding hydrogens is 293 g/mol. The second-order valence-electron chi connectivity index (χ2n) is 4.64. The fraction of sp³-hybridized carbons (Fsp3) is 0.364. The Morgan fingerprint density at radius 3 is 2.26 bits per heavy atom. The first-order chi connectivity index (χ1) is 8.65. The highest BCUT2D eigenvalue weighted by Crippen LogP contribution is 2.35. The van der Waals surface area contributed by atoms with Crippen molar-refractivity contribution in [2.24, 2.45) is 11.1 Å². The second kappa shape index (κ2) is 5.63. The van der Waals surface area contributed by atoms with Crippen LogP contribution >= 0.6 is 23.2 Å². The smallest absolute Gasteiger partial charge is 0.272 e. The zero-order chi connectivity index (χ0) is 14.8. The summed E-state index contributed by atoms with van der Waals surface area (Å²) in [7, 11) is 0. The van der Waals surface area contributed by atoms with Crippen molar-refractivity contribution in [2.75, 3.05) is 11.9 Å². The largest absolute Gasteiger partial charge is 0.382 e. The number of rotatable bonds is 5. The van der Waals surface area contributed by atoms with E-state index in [1.807, 2.05) is 0 Å². The van der Waals surface area contributed by atoms with Gasteiger partial charge in [0.1, 0.15) is 0 Å². The molecule has 6 nitrogen and oxygen atoms in total. The molecule has 0 aromatic heterocycles. The third kappa shape index (κ3) is 3.71. The summed E-state index contributed by atoms with van der Waals surface area (Å²) >= 11 is 11.8. The summed E-state index contributed by atoms with van der Waals surface area (Å²) < 4.78 is 0. The molecule has 1 aromatic carbocycles. The van der Waals surface area contributed by atoms with Crippen molar-refractivity contribution >= 4 is 40.5 Å². The molecule has 0 radical (unpaired) electrons. The first-order valence-electron chi connectivity index (χ1n) is 5.32. The number of carbonyl (C=O) groups excluding carboxylic acids is 1. The number of halogens is 2. The first kappa shape index (κ1) is 15.5. The number of benzene rings is 1. The molecule has 19 heavy (non-hydrogen) atoms. The Morgan fingerprint density at radius 1 is 1.42 bits per heavy atom. The molecule has 0 aliphatic rings. The zero-order valence-electron chi connectivity index (χ0n) is 10.4. The van der Waals surface area contributed by atoms with Gasteiger partial charge < -0.3 is 11.1 Å². The number of nitro benzene ring substituents is 1. The van der Waals surface area contributed by atoms with E-state index in [2.05, 4.69) is 5.32 Å². The Hall–Kier alpha value is -1.53. The number of nitrogens with zero attached hydrogens (tertiary/aromatic N) is 1. The van der Waals surface area contributed by atoms with E-state index in [1.165, 1.54) is 12.1 Å². The molecule has 1 amide bonds. The van der Waals surface area contributed by atoms with Gasteiger partial charge in [-0.3, -0.25) is 14.9 Å². The number of nitrogens with two attached hydrogens (primary N) is 1. The lowest BCUT2D eigenvalue weighted by Gasteiger charge is -2.22. The number of carbonyl (C=O) groups is 1. The van der Waals surface area contributed by atoms with E-state index >= 15 is 0 Å². The number of primary amides is 1. The van der Waals surface area contributed by atoms with Crippen LogP contribution in [0.25, 0.3) is 0 Å². The van der Waals surface area contributed by atoms with E-state index < -0.39 is 16.2 Å². The van der Waals surface area contributed by atoms with Crippen molar-refractivity contribution < 1.29 is 9.72 Å². The predicted octanol–water partition coefficient (Wildman–Crippen LogP) is 2.83. The van der Waals surface area contributed by atoms with Crippen molar-refractivity contribution in [1.82, 2.24) is 0 Å². The molecule has 1 rings (SSSR count). The van der Waals surface area contributed by atoms with Crippen molar-refractivity contribution in [3.63, 3.8) is 0 Å². The van der Waals surface area contributed by atoms with E-state index in [9.17, 15) is 14.9 Å². The molecule has 0 heterocycles. The van der Waals surface area contributed by atoms with Crippen LogP contribution in [0.4, 0.5) is 11.4 Å². The number of non-ortho nitro benzene ring substituents is 1. The molecule has 0 saturated carbocycles. The third-order valence-electron chi connectivity index (χ3n) is 2.61. The molecule has 3 N–H and O–H groups in total. The van der Waals surface area contributed by atoms with Gasteiger partial charge in [0.05, 0.1) is 26.1 Å². The maximum Gasteiger partial charge on any atom is 0.272 e. The first-order valence-corrected chi connectivity index (χ1v) is 6.08. The van der Waals surface area contributed by atoms with Crippen LogP contribution in [0, 0.1) is 15.5 Å². The molecule has 0 aliphatic carbocycles. The summed E-state index contributed by atoms with van der Waals surface area (Å²) in [5.74, 6) is -0.478. The molecule has 0 fully saturated rings. The fourth-order valence-electron chi connectivity index (χ4n) is 1.23. The number of anilines is 1. The standard InChI is InChI=1S/C11H13Cl2N3O3/c1-11(2,10(14)17)5-15-9-7(12)3-6(16(18)19)4-8(9)13/h3-4,15H,5H2,1-2H3,(H2,14,17).